The van der Waals surface area contributed by atoms with Gasteiger partial charge in [0.1, 0.15) is 11.5 Å². The van der Waals surface area contributed by atoms with Crippen LogP contribution in [0.15, 0.2) is 76.5 Å². The van der Waals surface area contributed by atoms with Crippen LogP contribution in [-0.2, 0) is 17.8 Å². The minimum absolute atomic E-state index is 0.0681. The minimum Gasteiger partial charge on any atom is -0.497 e. The Labute approximate surface area is 190 Å². The van der Waals surface area contributed by atoms with E-state index in [1.54, 1.807) is 13.4 Å². The van der Waals surface area contributed by atoms with Crippen molar-refractivity contribution in [1.29, 1.82) is 0 Å². The number of anilines is 1. The van der Waals surface area contributed by atoms with E-state index < -0.39 is 0 Å². The number of hydrogen-bond donors (Lipinski definition) is 0. The van der Waals surface area contributed by atoms with E-state index >= 15 is 0 Å². The van der Waals surface area contributed by atoms with Gasteiger partial charge in [-0.25, -0.2) is 0 Å². The Balaban J connectivity index is 1.38. The van der Waals surface area contributed by atoms with Crippen molar-refractivity contribution >= 4 is 23.4 Å². The van der Waals surface area contributed by atoms with Crippen molar-refractivity contribution in [2.24, 2.45) is 0 Å². The van der Waals surface area contributed by atoms with Crippen LogP contribution < -0.4 is 9.64 Å². The molecule has 0 spiro atoms. The van der Waals surface area contributed by atoms with Gasteiger partial charge >= 0.3 is 0 Å². The second-order valence-electron chi connectivity index (χ2n) is 7.41. The Morgan fingerprint density at radius 1 is 1.09 bits per heavy atom. The fourth-order valence-electron chi connectivity index (χ4n) is 3.85. The summed E-state index contributed by atoms with van der Waals surface area (Å²) in [6.45, 7) is 1.19. The SMILES string of the molecule is COc1ccc(-c2nnc(SCC(=O)N3CCc4ccccc43)n2Cc2ccco2)cc1. The number of aromatic nitrogens is 3. The normalized spacial score (nSPS) is 12.7. The van der Waals surface area contributed by atoms with Gasteiger partial charge < -0.3 is 14.1 Å². The molecule has 0 saturated heterocycles. The first kappa shape index (κ1) is 20.4. The zero-order chi connectivity index (χ0) is 21.9. The number of amides is 1. The van der Waals surface area contributed by atoms with E-state index in [-0.39, 0.29) is 11.7 Å². The molecule has 0 N–H and O–H groups in total. The van der Waals surface area contributed by atoms with Crippen molar-refractivity contribution in [3.63, 3.8) is 0 Å². The average Bonchev–Trinajstić information content (AvgIpc) is 3.58. The van der Waals surface area contributed by atoms with E-state index in [1.807, 2.05) is 64.1 Å². The lowest BCUT2D eigenvalue weighted by Crippen LogP contribution is -2.30. The highest BCUT2D eigenvalue weighted by molar-refractivity contribution is 7.99. The summed E-state index contributed by atoms with van der Waals surface area (Å²) in [7, 11) is 1.64. The van der Waals surface area contributed by atoms with Crippen LogP contribution >= 0.6 is 11.8 Å². The number of hydrogen-bond acceptors (Lipinski definition) is 6. The lowest BCUT2D eigenvalue weighted by atomic mass is 10.2. The maximum atomic E-state index is 13.0. The van der Waals surface area contributed by atoms with E-state index in [9.17, 15) is 4.79 Å². The number of carbonyl (C=O) groups is 1. The molecule has 3 heterocycles. The molecule has 0 atom stereocenters. The van der Waals surface area contributed by atoms with Gasteiger partial charge in [-0.15, -0.1) is 10.2 Å². The molecule has 0 radical (unpaired) electrons. The van der Waals surface area contributed by atoms with E-state index in [1.165, 1.54) is 17.3 Å². The minimum atomic E-state index is 0.0681. The second kappa shape index (κ2) is 8.92. The molecule has 162 valence electrons. The lowest BCUT2D eigenvalue weighted by molar-refractivity contribution is -0.116. The van der Waals surface area contributed by atoms with Crippen molar-refractivity contribution in [1.82, 2.24) is 14.8 Å². The highest BCUT2D eigenvalue weighted by Gasteiger charge is 2.25. The fourth-order valence-corrected chi connectivity index (χ4v) is 4.67. The van der Waals surface area contributed by atoms with Crippen LogP contribution in [0.3, 0.4) is 0 Å². The standard InChI is InChI=1S/C24H22N4O3S/c1-30-19-10-8-18(9-11-19)23-25-26-24(28(23)15-20-6-4-14-31-20)32-16-22(29)27-13-12-17-5-2-3-7-21(17)27/h2-11,14H,12-13,15-16H2,1H3. The van der Waals surface area contributed by atoms with E-state index in [0.29, 0.717) is 17.5 Å². The first-order valence-corrected chi connectivity index (χ1v) is 11.3. The van der Waals surface area contributed by atoms with Gasteiger partial charge in [0.15, 0.2) is 11.0 Å². The number of carbonyl (C=O) groups excluding carboxylic acids is 1. The quantitative estimate of drug-likeness (QED) is 0.395. The number of nitrogens with zero attached hydrogens (tertiary/aromatic N) is 4. The van der Waals surface area contributed by atoms with Gasteiger partial charge in [0.2, 0.25) is 5.91 Å². The highest BCUT2D eigenvalue weighted by Crippen LogP contribution is 2.30. The third-order valence-corrected chi connectivity index (χ3v) is 6.42. The summed E-state index contributed by atoms with van der Waals surface area (Å²) in [5, 5.41) is 9.48. The van der Waals surface area contributed by atoms with Gasteiger partial charge in [-0.3, -0.25) is 9.36 Å². The number of benzene rings is 2. The van der Waals surface area contributed by atoms with E-state index in [4.69, 9.17) is 9.15 Å². The maximum absolute atomic E-state index is 13.0. The highest BCUT2D eigenvalue weighted by atomic mass is 32.2. The van der Waals surface area contributed by atoms with Crippen molar-refractivity contribution < 1.29 is 13.9 Å². The maximum Gasteiger partial charge on any atom is 0.237 e. The molecule has 5 rings (SSSR count). The molecule has 4 aromatic rings. The zero-order valence-electron chi connectivity index (χ0n) is 17.6. The van der Waals surface area contributed by atoms with Crippen LogP contribution in [0.2, 0.25) is 0 Å². The number of furan rings is 1. The molecule has 0 saturated carbocycles. The van der Waals surface area contributed by atoms with Crippen molar-refractivity contribution in [2.75, 3.05) is 24.3 Å². The van der Waals surface area contributed by atoms with E-state index in [2.05, 4.69) is 16.3 Å². The number of methoxy groups -OCH3 is 1. The molecule has 2 aromatic heterocycles. The molecular formula is C24H22N4O3S. The van der Waals surface area contributed by atoms with Gasteiger partial charge in [0.05, 0.1) is 25.7 Å². The van der Waals surface area contributed by atoms with Crippen LogP contribution in [0.5, 0.6) is 5.75 Å². The molecule has 8 heteroatoms. The molecule has 0 unspecified atom stereocenters. The van der Waals surface area contributed by atoms with Crippen LogP contribution in [0.1, 0.15) is 11.3 Å². The summed E-state index contributed by atoms with van der Waals surface area (Å²) < 4.78 is 12.8. The Hall–Kier alpha value is -3.52. The van der Waals surface area contributed by atoms with Gasteiger partial charge in [0, 0.05) is 17.8 Å². The number of rotatable bonds is 7. The molecule has 1 aliphatic heterocycles. The van der Waals surface area contributed by atoms with Crippen LogP contribution in [0, 0.1) is 0 Å². The number of fused-ring (bicyclic) bond motifs is 1. The van der Waals surface area contributed by atoms with Crippen molar-refractivity contribution in [2.45, 2.75) is 18.1 Å². The third-order valence-electron chi connectivity index (χ3n) is 5.47. The molecule has 0 bridgehead atoms. The van der Waals surface area contributed by atoms with E-state index in [0.717, 1.165) is 35.7 Å². The van der Waals surface area contributed by atoms with Crippen molar-refractivity contribution in [3.05, 3.63) is 78.3 Å². The number of ether oxygens (including phenoxy) is 1. The first-order chi connectivity index (χ1) is 15.7. The summed E-state index contributed by atoms with van der Waals surface area (Å²) in [4.78, 5) is 14.8. The third kappa shape index (κ3) is 4.01. The predicted molar refractivity (Wildman–Crippen MR) is 123 cm³/mol. The number of para-hydroxylation sites is 1. The average molecular weight is 447 g/mol. The Morgan fingerprint density at radius 3 is 2.72 bits per heavy atom. The Morgan fingerprint density at radius 2 is 1.94 bits per heavy atom. The lowest BCUT2D eigenvalue weighted by Gasteiger charge is -2.17. The fraction of sp³-hybridized carbons (Fsp3) is 0.208. The molecular weight excluding hydrogens is 424 g/mol. The molecule has 32 heavy (non-hydrogen) atoms. The van der Waals surface area contributed by atoms with Gasteiger partial charge in [-0.1, -0.05) is 30.0 Å². The van der Waals surface area contributed by atoms with Gasteiger partial charge in [-0.05, 0) is 54.4 Å². The monoisotopic (exact) mass is 446 g/mol. The summed E-state index contributed by atoms with van der Waals surface area (Å²) in [6.07, 6.45) is 2.54. The summed E-state index contributed by atoms with van der Waals surface area (Å²) in [5.74, 6) is 2.63. The molecule has 1 aliphatic rings. The molecule has 0 aliphatic carbocycles. The predicted octanol–water partition coefficient (Wildman–Crippen LogP) is 4.28. The molecule has 7 nitrogen and oxygen atoms in total. The summed E-state index contributed by atoms with van der Waals surface area (Å²) >= 11 is 1.39. The number of thioether (sulfide) groups is 1. The van der Waals surface area contributed by atoms with Crippen LogP contribution in [-0.4, -0.2) is 40.1 Å². The molecule has 1 amide bonds. The second-order valence-corrected chi connectivity index (χ2v) is 8.36. The molecule has 0 fully saturated rings. The van der Waals surface area contributed by atoms with Gasteiger partial charge in [0.25, 0.3) is 0 Å². The van der Waals surface area contributed by atoms with Gasteiger partial charge in [-0.2, -0.15) is 0 Å². The largest absolute Gasteiger partial charge is 0.497 e. The Bertz CT molecular complexity index is 1220. The smallest absolute Gasteiger partial charge is 0.237 e. The summed E-state index contributed by atoms with van der Waals surface area (Å²) in [6, 6.07) is 19.5. The topological polar surface area (TPSA) is 73.4 Å². The summed E-state index contributed by atoms with van der Waals surface area (Å²) in [5.41, 5.74) is 3.14. The van der Waals surface area contributed by atoms with Crippen molar-refractivity contribution in [3.8, 4) is 17.1 Å². The first-order valence-electron chi connectivity index (χ1n) is 10.3. The zero-order valence-corrected chi connectivity index (χ0v) is 18.4. The molecule has 2 aromatic carbocycles. The Kier molecular flexibility index (Phi) is 5.68. The van der Waals surface area contributed by atoms with Crippen LogP contribution in [0.25, 0.3) is 11.4 Å². The van der Waals surface area contributed by atoms with Crippen LogP contribution in [0.4, 0.5) is 5.69 Å².